The predicted octanol–water partition coefficient (Wildman–Crippen LogP) is 5.30. The largest absolute Gasteiger partial charge is 0.221 e. The van der Waals surface area contributed by atoms with Crippen LogP contribution in [0.1, 0.15) is 49.8 Å². The van der Waals surface area contributed by atoms with Crippen LogP contribution in [0.15, 0.2) is 42.6 Å². The van der Waals surface area contributed by atoms with Gasteiger partial charge < -0.3 is 0 Å². The summed E-state index contributed by atoms with van der Waals surface area (Å²) in [5.74, 6) is -0.0581. The maximum absolute atomic E-state index is 14.8. The predicted molar refractivity (Wildman–Crippen MR) is 99.2 cm³/mol. The van der Waals surface area contributed by atoms with Crippen molar-refractivity contribution in [1.29, 1.82) is 0 Å². The first-order chi connectivity index (χ1) is 12.2. The Labute approximate surface area is 148 Å². The van der Waals surface area contributed by atoms with Crippen LogP contribution in [0, 0.1) is 5.82 Å². The van der Waals surface area contributed by atoms with Crippen molar-refractivity contribution in [2.75, 3.05) is 0 Å². The van der Waals surface area contributed by atoms with Crippen LogP contribution in [-0.4, -0.2) is 0 Å². The molecule has 25 heavy (non-hydrogen) atoms. The fraction of sp³-hybridized carbons (Fsp3) is 0.348. The Balaban J connectivity index is 2.02. The molecule has 2 aromatic carbocycles. The zero-order chi connectivity index (χ0) is 17.2. The molecule has 2 heterocycles. The van der Waals surface area contributed by atoms with Crippen LogP contribution in [0.5, 0.6) is 0 Å². The Morgan fingerprint density at radius 2 is 1.88 bits per heavy atom. The van der Waals surface area contributed by atoms with Crippen LogP contribution in [0.4, 0.5) is 4.39 Å². The SMILES string of the molecule is CCC1(CC)CCc2ccc(F)c3c2-c2c4c(cccc4cc[n+]21)C3. The molecular weight excluding hydrogens is 309 g/mol. The van der Waals surface area contributed by atoms with Crippen molar-refractivity contribution in [3.8, 4) is 11.3 Å². The fourth-order valence-electron chi connectivity index (χ4n) is 5.16. The van der Waals surface area contributed by atoms with E-state index in [9.17, 15) is 4.39 Å². The third-order valence-electron chi connectivity index (χ3n) is 6.70. The lowest BCUT2D eigenvalue weighted by Crippen LogP contribution is -2.56. The van der Waals surface area contributed by atoms with Gasteiger partial charge in [0.15, 0.2) is 11.7 Å². The van der Waals surface area contributed by atoms with Crippen molar-refractivity contribution in [2.24, 2.45) is 0 Å². The average Bonchev–Trinajstić information content (AvgIpc) is 2.80. The third kappa shape index (κ3) is 1.85. The van der Waals surface area contributed by atoms with Crippen molar-refractivity contribution in [3.63, 3.8) is 0 Å². The van der Waals surface area contributed by atoms with Crippen LogP contribution in [-0.2, 0) is 18.4 Å². The highest BCUT2D eigenvalue weighted by Gasteiger charge is 2.44. The van der Waals surface area contributed by atoms with Crippen molar-refractivity contribution >= 4 is 10.8 Å². The summed E-state index contributed by atoms with van der Waals surface area (Å²) in [7, 11) is 0. The van der Waals surface area contributed by atoms with Crippen molar-refractivity contribution in [1.82, 2.24) is 0 Å². The van der Waals surface area contributed by atoms with E-state index in [4.69, 9.17) is 0 Å². The van der Waals surface area contributed by atoms with Crippen LogP contribution in [0.3, 0.4) is 0 Å². The molecule has 0 fully saturated rings. The molecule has 1 aliphatic heterocycles. The van der Waals surface area contributed by atoms with Crippen LogP contribution < -0.4 is 4.57 Å². The first-order valence-corrected chi connectivity index (χ1v) is 9.46. The van der Waals surface area contributed by atoms with E-state index < -0.39 is 0 Å². The zero-order valence-electron chi connectivity index (χ0n) is 14.9. The number of aryl methyl sites for hydroxylation is 1. The lowest BCUT2D eigenvalue weighted by atomic mass is 9.83. The van der Waals surface area contributed by atoms with Gasteiger partial charge >= 0.3 is 0 Å². The minimum atomic E-state index is -0.0581. The highest BCUT2D eigenvalue weighted by Crippen LogP contribution is 2.44. The standard InChI is InChI=1S/C23H23FN/c1-3-23(4-2)12-10-16-8-9-19(24)18-14-17-7-5-6-15-11-13-25(23)22(20(15)17)21(16)18/h5-9,11,13H,3-4,10,12,14H2,1-2H3/q+1. The minimum Gasteiger partial charge on any atom is -0.207 e. The summed E-state index contributed by atoms with van der Waals surface area (Å²) >= 11 is 0. The molecule has 0 atom stereocenters. The van der Waals surface area contributed by atoms with Gasteiger partial charge in [0.25, 0.3) is 0 Å². The Morgan fingerprint density at radius 1 is 1.04 bits per heavy atom. The number of pyridine rings is 1. The summed E-state index contributed by atoms with van der Waals surface area (Å²) in [6, 6.07) is 12.4. The maximum atomic E-state index is 14.8. The first-order valence-electron chi connectivity index (χ1n) is 9.46. The summed E-state index contributed by atoms with van der Waals surface area (Å²) in [5.41, 5.74) is 6.00. The van der Waals surface area contributed by atoms with Gasteiger partial charge in [0.05, 0.1) is 10.9 Å². The molecule has 0 amide bonds. The van der Waals surface area contributed by atoms with Gasteiger partial charge in [-0.3, -0.25) is 0 Å². The molecule has 0 spiro atoms. The third-order valence-corrected chi connectivity index (χ3v) is 6.70. The van der Waals surface area contributed by atoms with Gasteiger partial charge in [-0.05, 0) is 29.0 Å². The van der Waals surface area contributed by atoms with E-state index in [1.807, 2.05) is 6.07 Å². The highest BCUT2D eigenvalue weighted by atomic mass is 19.1. The number of rotatable bonds is 2. The van der Waals surface area contributed by atoms with Gasteiger partial charge in [-0.15, -0.1) is 0 Å². The highest BCUT2D eigenvalue weighted by molar-refractivity contribution is 5.99. The van der Waals surface area contributed by atoms with Gasteiger partial charge in [0.1, 0.15) is 5.82 Å². The Morgan fingerprint density at radius 3 is 2.68 bits per heavy atom. The van der Waals surface area contributed by atoms with E-state index in [0.29, 0.717) is 6.42 Å². The van der Waals surface area contributed by atoms with E-state index in [-0.39, 0.29) is 11.4 Å². The summed E-state index contributed by atoms with van der Waals surface area (Å²) in [5, 5.41) is 2.60. The van der Waals surface area contributed by atoms with Gasteiger partial charge in [0, 0.05) is 37.3 Å². The smallest absolute Gasteiger partial charge is 0.207 e. The molecule has 0 unspecified atom stereocenters. The average molecular weight is 332 g/mol. The molecule has 1 aromatic heterocycles. The van der Waals surface area contributed by atoms with Gasteiger partial charge in [0.2, 0.25) is 5.69 Å². The van der Waals surface area contributed by atoms with Crippen LogP contribution >= 0.6 is 0 Å². The molecule has 0 saturated carbocycles. The number of hydrogen-bond donors (Lipinski definition) is 0. The minimum absolute atomic E-state index is 0.0581. The number of hydrogen-bond acceptors (Lipinski definition) is 0. The molecule has 0 saturated heterocycles. The molecule has 1 aliphatic carbocycles. The second kappa shape index (κ2) is 5.14. The van der Waals surface area contributed by atoms with E-state index in [2.05, 4.69) is 48.9 Å². The number of aromatic nitrogens is 1. The van der Waals surface area contributed by atoms with Crippen molar-refractivity contribution in [3.05, 3.63) is 65.1 Å². The lowest BCUT2D eigenvalue weighted by Gasteiger charge is -2.28. The summed E-state index contributed by atoms with van der Waals surface area (Å²) < 4.78 is 17.3. The Bertz CT molecular complexity index is 1010. The molecule has 0 bridgehead atoms. The van der Waals surface area contributed by atoms with Crippen molar-refractivity contribution < 1.29 is 8.96 Å². The zero-order valence-corrected chi connectivity index (χ0v) is 14.9. The summed E-state index contributed by atoms with van der Waals surface area (Å²) in [6.45, 7) is 4.58. The quantitative estimate of drug-likeness (QED) is 0.439. The van der Waals surface area contributed by atoms with Gasteiger partial charge in [-0.1, -0.05) is 38.1 Å². The van der Waals surface area contributed by atoms with Crippen LogP contribution in [0.2, 0.25) is 0 Å². The van der Waals surface area contributed by atoms with Gasteiger partial charge in [-0.25, -0.2) is 4.39 Å². The Hall–Kier alpha value is -2.22. The second-order valence-electron chi connectivity index (χ2n) is 7.58. The fourth-order valence-corrected chi connectivity index (χ4v) is 5.16. The lowest BCUT2D eigenvalue weighted by molar-refractivity contribution is -0.756. The maximum Gasteiger partial charge on any atom is 0.221 e. The first kappa shape index (κ1) is 15.1. The Kier molecular flexibility index (Phi) is 3.10. The molecule has 126 valence electrons. The topological polar surface area (TPSA) is 3.88 Å². The number of halogens is 1. The van der Waals surface area contributed by atoms with Crippen molar-refractivity contribution in [2.45, 2.75) is 51.5 Å². The molecule has 1 nitrogen and oxygen atoms in total. The normalized spacial score (nSPS) is 16.8. The van der Waals surface area contributed by atoms with Gasteiger partial charge in [-0.2, -0.15) is 4.57 Å². The molecule has 3 aromatic rings. The van der Waals surface area contributed by atoms with E-state index in [1.165, 1.54) is 33.2 Å². The van der Waals surface area contributed by atoms with E-state index in [1.54, 1.807) is 6.07 Å². The number of benzene rings is 2. The molecule has 0 radical (unpaired) electrons. The monoisotopic (exact) mass is 332 g/mol. The second-order valence-corrected chi connectivity index (χ2v) is 7.58. The van der Waals surface area contributed by atoms with E-state index in [0.717, 1.165) is 31.2 Å². The number of nitrogens with zero attached hydrogens (tertiary/aromatic N) is 1. The summed E-state index contributed by atoms with van der Waals surface area (Å²) in [6.07, 6.45) is 7.29. The molecule has 2 heteroatoms. The van der Waals surface area contributed by atoms with E-state index >= 15 is 0 Å². The molecule has 2 aliphatic rings. The molecule has 5 rings (SSSR count). The summed E-state index contributed by atoms with van der Waals surface area (Å²) in [4.78, 5) is 0. The van der Waals surface area contributed by atoms with Crippen LogP contribution in [0.25, 0.3) is 22.0 Å². The molecular formula is C23H23FN+. The molecule has 0 N–H and O–H groups in total.